The Morgan fingerprint density at radius 3 is 2.67 bits per heavy atom. The van der Waals surface area contributed by atoms with Gasteiger partial charge in [-0.2, -0.15) is 4.99 Å². The molecule has 0 bridgehead atoms. The van der Waals surface area contributed by atoms with Crippen LogP contribution in [0.25, 0.3) is 0 Å². The summed E-state index contributed by atoms with van der Waals surface area (Å²) in [6.45, 7) is 0. The summed E-state index contributed by atoms with van der Waals surface area (Å²) >= 11 is 9.50. The zero-order chi connectivity index (χ0) is 9.14. The van der Waals surface area contributed by atoms with Crippen molar-refractivity contribution in [2.75, 3.05) is 0 Å². The average Bonchev–Trinajstić information content (AvgIpc) is 2.07. The van der Waals surface area contributed by atoms with Crippen molar-refractivity contribution in [1.82, 2.24) is 0 Å². The second-order valence-electron chi connectivity index (χ2n) is 1.90. The van der Waals surface area contributed by atoms with Gasteiger partial charge in [0.05, 0.1) is 5.16 Å². The Morgan fingerprint density at radius 2 is 2.08 bits per heavy atom. The molecule has 12 heavy (non-hydrogen) atoms. The number of hydrogen-bond acceptors (Lipinski definition) is 2. The number of halogens is 3. The van der Waals surface area contributed by atoms with Gasteiger partial charge >= 0.3 is 0 Å². The molecular weight excluding hydrogens is 204 g/mol. The van der Waals surface area contributed by atoms with Crippen molar-refractivity contribution in [3.63, 3.8) is 0 Å². The van der Waals surface area contributed by atoms with Crippen LogP contribution in [-0.2, 0) is 0 Å². The first-order valence-electron chi connectivity index (χ1n) is 2.88. The third-order valence-electron chi connectivity index (χ3n) is 1.18. The highest BCUT2D eigenvalue weighted by Gasteiger charge is 2.09. The monoisotopic (exact) mass is 205 g/mol. The maximum absolute atomic E-state index is 12.9. The molecule has 1 rings (SSSR count). The molecule has 0 N–H and O–H groups in total. The van der Waals surface area contributed by atoms with Crippen molar-refractivity contribution in [3.05, 3.63) is 28.8 Å². The molecule has 1 aromatic carbocycles. The van der Waals surface area contributed by atoms with Crippen molar-refractivity contribution < 1.29 is 8.78 Å². The summed E-state index contributed by atoms with van der Waals surface area (Å²) in [6.07, 6.45) is 0. The summed E-state index contributed by atoms with van der Waals surface area (Å²) in [4.78, 5) is 3.35. The minimum absolute atomic E-state index is 0.114. The van der Waals surface area contributed by atoms with Gasteiger partial charge in [-0.25, -0.2) is 8.78 Å². The molecule has 0 aliphatic rings. The molecule has 62 valence electrons. The normalized spacial score (nSPS) is 9.25. The largest absolute Gasteiger partial charge is 0.205 e. The van der Waals surface area contributed by atoms with E-state index in [4.69, 9.17) is 11.6 Å². The van der Waals surface area contributed by atoms with Gasteiger partial charge in [0.2, 0.25) is 0 Å². The molecule has 1 aromatic rings. The van der Waals surface area contributed by atoms with Gasteiger partial charge < -0.3 is 0 Å². The molecule has 0 spiro atoms. The molecular formula is C7H2ClF2NS. The number of isothiocyanates is 1. The van der Waals surface area contributed by atoms with E-state index in [9.17, 15) is 8.78 Å². The Balaban J connectivity index is 3.35. The average molecular weight is 206 g/mol. The van der Waals surface area contributed by atoms with Gasteiger partial charge in [-0.15, -0.1) is 0 Å². The predicted octanol–water partition coefficient (Wildman–Crippen LogP) is 3.35. The molecule has 1 nitrogen and oxygen atoms in total. The van der Waals surface area contributed by atoms with E-state index in [1.54, 1.807) is 0 Å². The summed E-state index contributed by atoms with van der Waals surface area (Å²) in [7, 11) is 0. The Labute approximate surface area is 77.7 Å². The van der Waals surface area contributed by atoms with Gasteiger partial charge in [-0.3, -0.25) is 0 Å². The fraction of sp³-hybridized carbons (Fsp3) is 0. The molecule has 0 saturated carbocycles. The van der Waals surface area contributed by atoms with Crippen LogP contribution in [0.1, 0.15) is 0 Å². The van der Waals surface area contributed by atoms with Gasteiger partial charge in [0.25, 0.3) is 0 Å². The summed E-state index contributed by atoms with van der Waals surface area (Å²) in [6, 6.07) is 2.15. The zero-order valence-electron chi connectivity index (χ0n) is 5.64. The van der Waals surface area contributed by atoms with Gasteiger partial charge in [0.1, 0.15) is 16.5 Å². The molecule has 0 fully saturated rings. The highest BCUT2D eigenvalue weighted by molar-refractivity contribution is 7.78. The van der Waals surface area contributed by atoms with Crippen LogP contribution < -0.4 is 0 Å². The molecule has 0 aliphatic heterocycles. The number of rotatable bonds is 1. The Hall–Kier alpha value is -0.830. The molecule has 0 unspecified atom stereocenters. The van der Waals surface area contributed by atoms with Crippen LogP contribution in [0.2, 0.25) is 5.02 Å². The molecule has 0 aromatic heterocycles. The van der Waals surface area contributed by atoms with E-state index in [2.05, 4.69) is 17.2 Å². The van der Waals surface area contributed by atoms with Gasteiger partial charge in [-0.05, 0) is 24.4 Å². The number of thiocarbonyl (C=S) groups is 1. The topological polar surface area (TPSA) is 12.4 Å². The molecule has 0 heterocycles. The van der Waals surface area contributed by atoms with Gasteiger partial charge in [0.15, 0.2) is 5.82 Å². The highest BCUT2D eigenvalue weighted by Crippen LogP contribution is 2.26. The third kappa shape index (κ3) is 1.67. The standard InChI is InChI=1S/C7H2ClF2NS/c8-6-4(9)1-2-5(7(6)10)11-3-12/h1-2H. The van der Waals surface area contributed by atoms with E-state index in [0.29, 0.717) is 0 Å². The first kappa shape index (κ1) is 9.26. The number of benzene rings is 1. The molecule has 0 saturated heterocycles. The molecule has 0 radical (unpaired) electrons. The lowest BCUT2D eigenvalue weighted by Gasteiger charge is -1.97. The zero-order valence-corrected chi connectivity index (χ0v) is 7.22. The van der Waals surface area contributed by atoms with E-state index >= 15 is 0 Å². The minimum Gasteiger partial charge on any atom is -0.205 e. The molecule has 5 heteroatoms. The van der Waals surface area contributed by atoms with Crippen molar-refractivity contribution in [2.24, 2.45) is 4.99 Å². The summed E-state index contributed by atoms with van der Waals surface area (Å²) < 4.78 is 25.4. The van der Waals surface area contributed by atoms with Crippen molar-refractivity contribution >= 4 is 34.7 Å². The lowest BCUT2D eigenvalue weighted by atomic mass is 10.3. The second-order valence-corrected chi connectivity index (χ2v) is 2.46. The summed E-state index contributed by atoms with van der Waals surface area (Å²) in [5.74, 6) is -1.74. The SMILES string of the molecule is Fc1ccc(N=C=S)c(F)c1Cl. The molecule has 0 amide bonds. The van der Waals surface area contributed by atoms with Crippen LogP contribution in [0.5, 0.6) is 0 Å². The predicted molar refractivity (Wildman–Crippen MR) is 46.1 cm³/mol. The van der Waals surface area contributed by atoms with Crippen LogP contribution in [0.4, 0.5) is 14.5 Å². The van der Waals surface area contributed by atoms with Crippen molar-refractivity contribution in [2.45, 2.75) is 0 Å². The van der Waals surface area contributed by atoms with Crippen molar-refractivity contribution in [1.29, 1.82) is 0 Å². The highest BCUT2D eigenvalue weighted by atomic mass is 35.5. The first-order valence-corrected chi connectivity index (χ1v) is 3.67. The van der Waals surface area contributed by atoms with Gasteiger partial charge in [0, 0.05) is 0 Å². The van der Waals surface area contributed by atoms with E-state index < -0.39 is 16.7 Å². The van der Waals surface area contributed by atoms with E-state index in [-0.39, 0.29) is 5.69 Å². The number of hydrogen-bond donors (Lipinski definition) is 0. The van der Waals surface area contributed by atoms with E-state index in [1.165, 1.54) is 0 Å². The first-order chi connectivity index (χ1) is 5.66. The molecule has 0 aliphatic carbocycles. The van der Waals surface area contributed by atoms with Crippen LogP contribution in [0, 0.1) is 11.6 Å². The maximum Gasteiger partial charge on any atom is 0.171 e. The van der Waals surface area contributed by atoms with E-state index in [1.807, 2.05) is 5.16 Å². The Kier molecular flexibility index (Phi) is 2.87. The van der Waals surface area contributed by atoms with Gasteiger partial charge in [-0.1, -0.05) is 11.6 Å². The van der Waals surface area contributed by atoms with E-state index in [0.717, 1.165) is 12.1 Å². The van der Waals surface area contributed by atoms with Crippen molar-refractivity contribution in [3.8, 4) is 0 Å². The molecule has 0 atom stereocenters. The lowest BCUT2D eigenvalue weighted by molar-refractivity contribution is 0.586. The number of nitrogens with zero attached hydrogens (tertiary/aromatic N) is 1. The fourth-order valence-electron chi connectivity index (χ4n) is 0.651. The van der Waals surface area contributed by atoms with Crippen LogP contribution >= 0.6 is 23.8 Å². The number of aliphatic imine (C=N–C) groups is 1. The smallest absolute Gasteiger partial charge is 0.171 e. The maximum atomic E-state index is 12.9. The minimum atomic E-state index is -0.922. The third-order valence-corrected chi connectivity index (χ3v) is 1.62. The van der Waals surface area contributed by atoms with Crippen LogP contribution in [-0.4, -0.2) is 5.16 Å². The quantitative estimate of drug-likeness (QED) is 0.389. The van der Waals surface area contributed by atoms with Crippen LogP contribution in [0.3, 0.4) is 0 Å². The van der Waals surface area contributed by atoms with Crippen LogP contribution in [0.15, 0.2) is 17.1 Å². The second kappa shape index (κ2) is 3.72. The Bertz CT molecular complexity index is 361. The Morgan fingerprint density at radius 1 is 1.42 bits per heavy atom. The lowest BCUT2D eigenvalue weighted by Crippen LogP contribution is -1.82. The fourth-order valence-corrected chi connectivity index (χ4v) is 0.909. The summed E-state index contributed by atoms with van der Waals surface area (Å²) in [5, 5.41) is 1.38. The summed E-state index contributed by atoms with van der Waals surface area (Å²) in [5.41, 5.74) is -0.114.